The van der Waals surface area contributed by atoms with Crippen molar-refractivity contribution in [3.63, 3.8) is 0 Å². The minimum absolute atomic E-state index is 0.0312. The molecule has 0 saturated heterocycles. The van der Waals surface area contributed by atoms with Crippen molar-refractivity contribution in [3.8, 4) is 0 Å². The minimum atomic E-state index is -5.00. The largest absolute Gasteiger partial charge is 0.472 e. The zero-order valence-corrected chi connectivity index (χ0v) is 65.0. The summed E-state index contributed by atoms with van der Waals surface area (Å²) < 4.78 is 68.4. The Hall–Kier alpha value is -5.32. The van der Waals surface area contributed by atoms with Gasteiger partial charge in [0.05, 0.1) is 26.4 Å². The lowest BCUT2D eigenvalue weighted by Crippen LogP contribution is -2.30. The van der Waals surface area contributed by atoms with Gasteiger partial charge in [-0.1, -0.05) is 250 Å². The first kappa shape index (κ1) is 96.7. The number of aliphatic hydroxyl groups is 1. The highest BCUT2D eigenvalue weighted by atomic mass is 31.2. The maximum absolute atomic E-state index is 13.1. The number of phosphoric acid groups is 2. The summed E-state index contributed by atoms with van der Waals surface area (Å²) >= 11 is 0. The van der Waals surface area contributed by atoms with Gasteiger partial charge < -0.3 is 33.8 Å². The molecule has 17 nitrogen and oxygen atoms in total. The first-order chi connectivity index (χ1) is 49.7. The maximum atomic E-state index is 13.1. The van der Waals surface area contributed by atoms with E-state index in [1.807, 2.05) is 0 Å². The van der Waals surface area contributed by atoms with Gasteiger partial charge in [-0.3, -0.25) is 37.3 Å². The molecule has 102 heavy (non-hydrogen) atoms. The lowest BCUT2D eigenvalue weighted by molar-refractivity contribution is -0.161. The molecule has 0 aromatic carbocycles. The number of allylic oxidation sites excluding steroid dienone is 26. The summed E-state index contributed by atoms with van der Waals surface area (Å²) in [5.41, 5.74) is 0. The van der Waals surface area contributed by atoms with E-state index in [0.717, 1.165) is 173 Å². The summed E-state index contributed by atoms with van der Waals surface area (Å²) in [7, 11) is -9.99. The van der Waals surface area contributed by atoms with E-state index >= 15 is 0 Å². The lowest BCUT2D eigenvalue weighted by Gasteiger charge is -2.21. The van der Waals surface area contributed by atoms with Crippen LogP contribution in [0.4, 0.5) is 0 Å². The predicted molar refractivity (Wildman–Crippen MR) is 417 cm³/mol. The van der Waals surface area contributed by atoms with Gasteiger partial charge in [0.25, 0.3) is 0 Å². The fraction of sp³-hybridized carbons (Fsp3) is 0.639. The van der Waals surface area contributed by atoms with Crippen LogP contribution in [-0.2, 0) is 65.4 Å². The Kier molecular flexibility index (Phi) is 70.1. The molecular formula is C83H136O17P2. The van der Waals surface area contributed by atoms with Gasteiger partial charge in [0, 0.05) is 25.7 Å². The molecule has 0 heterocycles. The van der Waals surface area contributed by atoms with Crippen LogP contribution in [-0.4, -0.2) is 96.7 Å². The molecule has 0 aromatic rings. The van der Waals surface area contributed by atoms with Crippen molar-refractivity contribution in [1.82, 2.24) is 0 Å². The summed E-state index contributed by atoms with van der Waals surface area (Å²) in [6.07, 6.45) is 85.2. The van der Waals surface area contributed by atoms with Gasteiger partial charge in [0.1, 0.15) is 19.3 Å². The van der Waals surface area contributed by atoms with Crippen molar-refractivity contribution in [2.45, 2.75) is 303 Å². The highest BCUT2D eigenvalue weighted by Crippen LogP contribution is 2.45. The van der Waals surface area contributed by atoms with Gasteiger partial charge in [-0.25, -0.2) is 9.13 Å². The second-order valence-corrected chi connectivity index (χ2v) is 28.1. The maximum Gasteiger partial charge on any atom is 0.472 e. The summed E-state index contributed by atoms with van der Waals surface area (Å²) in [6, 6.07) is 0. The summed E-state index contributed by atoms with van der Waals surface area (Å²) in [5, 5.41) is 10.6. The second kappa shape index (κ2) is 74.0. The van der Waals surface area contributed by atoms with E-state index in [1.165, 1.54) is 25.7 Å². The molecule has 0 aliphatic heterocycles. The molecule has 0 saturated carbocycles. The molecule has 0 spiro atoms. The molecule has 0 aliphatic rings. The van der Waals surface area contributed by atoms with E-state index in [4.69, 9.17) is 37.0 Å². The van der Waals surface area contributed by atoms with Crippen LogP contribution in [0.25, 0.3) is 0 Å². The van der Waals surface area contributed by atoms with Crippen LogP contribution in [0.5, 0.6) is 0 Å². The van der Waals surface area contributed by atoms with E-state index in [1.54, 1.807) is 0 Å². The zero-order chi connectivity index (χ0) is 74.6. The topological polar surface area (TPSA) is 237 Å². The van der Waals surface area contributed by atoms with Crippen molar-refractivity contribution in [1.29, 1.82) is 0 Å². The van der Waals surface area contributed by atoms with E-state index < -0.39 is 97.5 Å². The lowest BCUT2D eigenvalue weighted by atomic mass is 10.1. The Bertz CT molecular complexity index is 2550. The van der Waals surface area contributed by atoms with Crippen LogP contribution in [0.3, 0.4) is 0 Å². The number of aliphatic hydroxyl groups excluding tert-OH is 1. The zero-order valence-electron chi connectivity index (χ0n) is 63.2. The van der Waals surface area contributed by atoms with Crippen LogP contribution in [0.1, 0.15) is 285 Å². The highest BCUT2D eigenvalue weighted by Gasteiger charge is 2.30. The van der Waals surface area contributed by atoms with Crippen LogP contribution in [0.15, 0.2) is 158 Å². The van der Waals surface area contributed by atoms with Crippen molar-refractivity contribution in [2.75, 3.05) is 39.6 Å². The van der Waals surface area contributed by atoms with E-state index in [9.17, 15) is 43.2 Å². The van der Waals surface area contributed by atoms with Crippen LogP contribution >= 0.6 is 15.6 Å². The van der Waals surface area contributed by atoms with Crippen LogP contribution < -0.4 is 0 Å². The van der Waals surface area contributed by atoms with Gasteiger partial charge in [0.2, 0.25) is 0 Å². The predicted octanol–water partition coefficient (Wildman–Crippen LogP) is 22.4. The molecule has 0 rings (SSSR count). The summed E-state index contributed by atoms with van der Waals surface area (Å²) in [6.45, 7) is 4.39. The number of rotatable bonds is 71. The fourth-order valence-electron chi connectivity index (χ4n) is 9.66. The number of unbranched alkanes of at least 4 members (excludes halogenated alkanes) is 19. The number of hydrogen-bond acceptors (Lipinski definition) is 15. The van der Waals surface area contributed by atoms with Gasteiger partial charge >= 0.3 is 39.5 Å². The quantitative estimate of drug-likeness (QED) is 0.0169. The van der Waals surface area contributed by atoms with E-state index in [0.29, 0.717) is 32.1 Å². The van der Waals surface area contributed by atoms with E-state index in [2.05, 4.69) is 186 Å². The molecule has 0 radical (unpaired) electrons. The molecule has 0 amide bonds. The molecule has 580 valence electrons. The highest BCUT2D eigenvalue weighted by molar-refractivity contribution is 7.47. The van der Waals surface area contributed by atoms with Crippen molar-refractivity contribution in [3.05, 3.63) is 158 Å². The van der Waals surface area contributed by atoms with Gasteiger partial charge in [0.15, 0.2) is 12.2 Å². The Morgan fingerprint density at radius 3 is 0.814 bits per heavy atom. The third kappa shape index (κ3) is 73.0. The molecule has 0 bridgehead atoms. The standard InChI is InChI=1S/C83H136O17P2/c1-5-9-13-17-21-25-29-33-36-38-41-44-47-51-55-59-63-67-80(85)93-73-78(99-82(87)69-65-61-57-53-49-43-32-28-24-20-16-12-8-4)75-97-101(89,90)95-71-77(84)72-96-102(91,92)98-76-79(100-83(88)70-66-62-58-54-50-46-40-35-31-27-23-19-15-11-7-3)74-94-81(86)68-64-60-56-52-48-45-42-39-37-34-30-26-22-18-14-10-6-2/h9-11,13-15,21-23,25-28,32-37,40-42,44-45,50,54,77-79,84H,5-8,12,16-20,24,29-31,38-39,43,46-49,51-53,55-76H2,1-4H3,(H,89,90)(H,91,92)/b13-9-,14-10-,15-11-,25-21-,26-22-,27-23-,32-28-,36-33-,37-34-,40-35-,44-41-,45-42-,54-50-. The van der Waals surface area contributed by atoms with E-state index in [-0.39, 0.29) is 25.7 Å². The number of esters is 4. The average Bonchev–Trinajstić information content (AvgIpc) is 0.939. The Morgan fingerprint density at radius 1 is 0.284 bits per heavy atom. The molecule has 5 unspecified atom stereocenters. The summed E-state index contributed by atoms with van der Waals surface area (Å²) in [4.78, 5) is 72.9. The molecule has 0 fully saturated rings. The molecule has 0 aromatic heterocycles. The molecule has 19 heteroatoms. The fourth-order valence-corrected chi connectivity index (χ4v) is 11.2. The van der Waals surface area contributed by atoms with Gasteiger partial charge in [-0.05, 0) is 167 Å². The number of hydrogen-bond donors (Lipinski definition) is 3. The minimum Gasteiger partial charge on any atom is -0.462 e. The summed E-state index contributed by atoms with van der Waals surface area (Å²) in [5.74, 6) is -2.30. The van der Waals surface area contributed by atoms with Gasteiger partial charge in [-0.2, -0.15) is 0 Å². The Morgan fingerprint density at radius 2 is 0.510 bits per heavy atom. The van der Waals surface area contributed by atoms with Crippen LogP contribution in [0, 0.1) is 0 Å². The van der Waals surface area contributed by atoms with Crippen molar-refractivity contribution >= 4 is 39.5 Å². The van der Waals surface area contributed by atoms with Crippen LogP contribution in [0.2, 0.25) is 0 Å². The SMILES string of the molecule is CC/C=C\C/C=C\C/C=C\C/C=C\CCCCCCC(=O)OCC(COP(=O)(O)OCC(O)COP(=O)(O)OCC(COC(=O)CCCCCC/C=C\C/C=C\C/C=C\C/C=C\CC)OC(=O)CCCCCCC/C=C\CCCCCC)OC(=O)CCCC/C=C\C/C=C\C/C=C\C/C=C\CC. The second-order valence-electron chi connectivity index (χ2n) is 25.1. The molecule has 5 atom stereocenters. The Balaban J connectivity index is 5.44. The molecule has 3 N–H and O–H groups in total. The number of phosphoric ester groups is 2. The average molecular weight is 1470 g/mol. The molecule has 0 aliphatic carbocycles. The third-order valence-corrected chi connectivity index (χ3v) is 17.4. The number of ether oxygens (including phenoxy) is 4. The first-order valence-electron chi connectivity index (χ1n) is 38.7. The third-order valence-electron chi connectivity index (χ3n) is 15.5. The van der Waals surface area contributed by atoms with Crippen molar-refractivity contribution < 1.29 is 80.2 Å². The number of carbonyl (C=O) groups excluding carboxylic acids is 4. The monoisotopic (exact) mass is 1470 g/mol. The molecular weight excluding hydrogens is 1330 g/mol. The van der Waals surface area contributed by atoms with Gasteiger partial charge in [-0.15, -0.1) is 0 Å². The smallest absolute Gasteiger partial charge is 0.462 e. The number of carbonyl (C=O) groups is 4. The Labute approximate surface area is 617 Å². The van der Waals surface area contributed by atoms with Crippen molar-refractivity contribution in [2.24, 2.45) is 0 Å². The normalized spacial score (nSPS) is 14.8. The first-order valence-corrected chi connectivity index (χ1v) is 41.7.